The Morgan fingerprint density at radius 3 is 2.36 bits per heavy atom. The summed E-state index contributed by atoms with van der Waals surface area (Å²) in [6.07, 6.45) is 1.05. The van der Waals surface area contributed by atoms with E-state index in [0.717, 1.165) is 31.8 Å². The Bertz CT molecular complexity index is 534. The zero-order chi connectivity index (χ0) is 14.9. The van der Waals surface area contributed by atoms with Crippen LogP contribution >= 0.6 is 12.4 Å². The van der Waals surface area contributed by atoms with Crippen LogP contribution in [0.25, 0.3) is 0 Å². The third kappa shape index (κ3) is 6.06. The van der Waals surface area contributed by atoms with Crippen molar-refractivity contribution < 1.29 is 4.74 Å². The van der Waals surface area contributed by atoms with E-state index in [2.05, 4.69) is 47.4 Å². The zero-order valence-electron chi connectivity index (χ0n) is 13.1. The first-order valence-corrected chi connectivity index (χ1v) is 7.41. The van der Waals surface area contributed by atoms with Gasteiger partial charge < -0.3 is 10.5 Å². The summed E-state index contributed by atoms with van der Waals surface area (Å²) in [5.41, 5.74) is 8.37. The van der Waals surface area contributed by atoms with Gasteiger partial charge in [0.15, 0.2) is 0 Å². The fraction of sp³-hybridized carbons (Fsp3) is 0.333. The molecule has 22 heavy (non-hydrogen) atoms. The average molecular weight is 321 g/mol. The zero-order valence-corrected chi connectivity index (χ0v) is 13.9. The predicted octanol–water partition coefficient (Wildman–Crippen LogP) is 3.12. The number of rotatable bonds is 8. The van der Waals surface area contributed by atoms with E-state index in [1.165, 1.54) is 11.1 Å². The molecular weight excluding hydrogens is 296 g/mol. The molecule has 0 bridgehead atoms. The lowest BCUT2D eigenvalue weighted by atomic mass is 10.1. The Hall–Kier alpha value is -1.55. The van der Waals surface area contributed by atoms with Crippen molar-refractivity contribution in [1.29, 1.82) is 0 Å². The van der Waals surface area contributed by atoms with Gasteiger partial charge in [0, 0.05) is 26.2 Å². The molecule has 4 heteroatoms. The van der Waals surface area contributed by atoms with Crippen LogP contribution in [0, 0.1) is 0 Å². The van der Waals surface area contributed by atoms with Crippen molar-refractivity contribution in [1.82, 2.24) is 4.90 Å². The Labute approximate surface area is 139 Å². The van der Waals surface area contributed by atoms with E-state index in [1.807, 2.05) is 12.1 Å². The van der Waals surface area contributed by atoms with Gasteiger partial charge in [-0.3, -0.25) is 4.90 Å². The molecule has 0 unspecified atom stereocenters. The summed E-state index contributed by atoms with van der Waals surface area (Å²) in [7, 11) is 1.70. The number of ether oxygens (including phenoxy) is 1. The van der Waals surface area contributed by atoms with Gasteiger partial charge in [0.05, 0.1) is 7.11 Å². The van der Waals surface area contributed by atoms with E-state index < -0.39 is 0 Å². The second kappa shape index (κ2) is 10.2. The van der Waals surface area contributed by atoms with Crippen molar-refractivity contribution in [3.63, 3.8) is 0 Å². The minimum Gasteiger partial charge on any atom is -0.497 e. The summed E-state index contributed by atoms with van der Waals surface area (Å²) in [6.45, 7) is 3.50. The first-order valence-electron chi connectivity index (χ1n) is 7.41. The van der Waals surface area contributed by atoms with Crippen LogP contribution in [-0.2, 0) is 13.0 Å². The molecule has 0 aliphatic heterocycles. The molecule has 2 aromatic carbocycles. The fourth-order valence-electron chi connectivity index (χ4n) is 2.41. The van der Waals surface area contributed by atoms with Gasteiger partial charge >= 0.3 is 0 Å². The van der Waals surface area contributed by atoms with Crippen LogP contribution in [0.15, 0.2) is 54.6 Å². The van der Waals surface area contributed by atoms with Gasteiger partial charge in [0.25, 0.3) is 0 Å². The summed E-state index contributed by atoms with van der Waals surface area (Å²) < 4.78 is 5.28. The van der Waals surface area contributed by atoms with E-state index in [0.29, 0.717) is 6.54 Å². The maximum atomic E-state index is 5.74. The molecule has 0 saturated heterocycles. The molecule has 2 aromatic rings. The molecule has 0 aliphatic carbocycles. The van der Waals surface area contributed by atoms with E-state index in [4.69, 9.17) is 10.5 Å². The molecule has 2 N–H and O–H groups in total. The standard InChI is InChI=1S/C18H24N2O.ClH/c1-21-18-9-5-8-17(14-18)15-20(13-11-19)12-10-16-6-3-2-4-7-16;/h2-9,14H,10-13,15,19H2,1H3;1H. The summed E-state index contributed by atoms with van der Waals surface area (Å²) in [5, 5.41) is 0. The van der Waals surface area contributed by atoms with E-state index >= 15 is 0 Å². The van der Waals surface area contributed by atoms with Crippen molar-refractivity contribution in [3.8, 4) is 5.75 Å². The number of hydrogen-bond donors (Lipinski definition) is 1. The van der Waals surface area contributed by atoms with Crippen molar-refractivity contribution in [2.45, 2.75) is 13.0 Å². The number of nitrogens with zero attached hydrogens (tertiary/aromatic N) is 1. The van der Waals surface area contributed by atoms with Crippen LogP contribution in [0.5, 0.6) is 5.75 Å². The smallest absolute Gasteiger partial charge is 0.119 e. The van der Waals surface area contributed by atoms with Crippen molar-refractivity contribution in [2.75, 3.05) is 26.7 Å². The molecule has 0 amide bonds. The lowest BCUT2D eigenvalue weighted by Gasteiger charge is -2.22. The van der Waals surface area contributed by atoms with Crippen molar-refractivity contribution in [2.24, 2.45) is 5.73 Å². The third-order valence-electron chi connectivity index (χ3n) is 3.55. The molecule has 0 spiro atoms. The number of halogens is 1. The highest BCUT2D eigenvalue weighted by Gasteiger charge is 2.06. The number of hydrogen-bond acceptors (Lipinski definition) is 3. The second-order valence-corrected chi connectivity index (χ2v) is 5.15. The quantitative estimate of drug-likeness (QED) is 0.812. The summed E-state index contributed by atoms with van der Waals surface area (Å²) in [5.74, 6) is 0.906. The Morgan fingerprint density at radius 1 is 0.955 bits per heavy atom. The molecule has 0 saturated carbocycles. The molecule has 0 aliphatic rings. The van der Waals surface area contributed by atoms with E-state index in [-0.39, 0.29) is 12.4 Å². The van der Waals surface area contributed by atoms with Gasteiger partial charge in [0.1, 0.15) is 5.75 Å². The van der Waals surface area contributed by atoms with Crippen LogP contribution in [0.2, 0.25) is 0 Å². The van der Waals surface area contributed by atoms with Crippen LogP contribution in [0.1, 0.15) is 11.1 Å². The van der Waals surface area contributed by atoms with Gasteiger partial charge in [-0.15, -0.1) is 12.4 Å². The first kappa shape index (κ1) is 18.5. The van der Waals surface area contributed by atoms with Crippen LogP contribution in [0.3, 0.4) is 0 Å². The molecule has 0 radical (unpaired) electrons. The maximum absolute atomic E-state index is 5.74. The highest BCUT2D eigenvalue weighted by molar-refractivity contribution is 5.85. The van der Waals surface area contributed by atoms with E-state index in [9.17, 15) is 0 Å². The third-order valence-corrected chi connectivity index (χ3v) is 3.55. The van der Waals surface area contributed by atoms with Gasteiger partial charge in [-0.05, 0) is 29.7 Å². The Balaban J connectivity index is 0.00000242. The van der Waals surface area contributed by atoms with Crippen molar-refractivity contribution in [3.05, 3.63) is 65.7 Å². The minimum absolute atomic E-state index is 0. The van der Waals surface area contributed by atoms with Gasteiger partial charge in [-0.25, -0.2) is 0 Å². The maximum Gasteiger partial charge on any atom is 0.119 e. The average Bonchev–Trinajstić information content (AvgIpc) is 2.54. The monoisotopic (exact) mass is 320 g/mol. The SMILES string of the molecule is COc1cccc(CN(CCN)CCc2ccccc2)c1.Cl. The second-order valence-electron chi connectivity index (χ2n) is 5.15. The summed E-state index contributed by atoms with van der Waals surface area (Å²) >= 11 is 0. The normalized spacial score (nSPS) is 10.3. The van der Waals surface area contributed by atoms with Crippen LogP contribution < -0.4 is 10.5 Å². The van der Waals surface area contributed by atoms with Crippen molar-refractivity contribution >= 4 is 12.4 Å². The predicted molar refractivity (Wildman–Crippen MR) is 94.7 cm³/mol. The van der Waals surface area contributed by atoms with Crippen LogP contribution in [-0.4, -0.2) is 31.6 Å². The number of benzene rings is 2. The fourth-order valence-corrected chi connectivity index (χ4v) is 2.41. The lowest BCUT2D eigenvalue weighted by molar-refractivity contribution is 0.276. The molecule has 120 valence electrons. The van der Waals surface area contributed by atoms with E-state index in [1.54, 1.807) is 7.11 Å². The van der Waals surface area contributed by atoms with Gasteiger partial charge in [-0.1, -0.05) is 42.5 Å². The lowest BCUT2D eigenvalue weighted by Crippen LogP contribution is -2.31. The highest BCUT2D eigenvalue weighted by Crippen LogP contribution is 2.14. The molecule has 0 aromatic heterocycles. The van der Waals surface area contributed by atoms with Gasteiger partial charge in [-0.2, -0.15) is 0 Å². The molecule has 0 atom stereocenters. The Kier molecular flexibility index (Phi) is 8.60. The number of nitrogens with two attached hydrogens (primary N) is 1. The first-order chi connectivity index (χ1) is 10.3. The molecule has 0 heterocycles. The topological polar surface area (TPSA) is 38.5 Å². The highest BCUT2D eigenvalue weighted by atomic mass is 35.5. The van der Waals surface area contributed by atoms with Crippen LogP contribution in [0.4, 0.5) is 0 Å². The minimum atomic E-state index is 0. The summed E-state index contributed by atoms with van der Waals surface area (Å²) in [6, 6.07) is 18.8. The molecule has 0 fully saturated rings. The number of methoxy groups -OCH3 is 1. The molecule has 2 rings (SSSR count). The summed E-state index contributed by atoms with van der Waals surface area (Å²) in [4.78, 5) is 2.39. The Morgan fingerprint density at radius 2 is 1.68 bits per heavy atom. The van der Waals surface area contributed by atoms with Gasteiger partial charge in [0.2, 0.25) is 0 Å². The largest absolute Gasteiger partial charge is 0.497 e. The molecule has 3 nitrogen and oxygen atoms in total. The molecular formula is C18H25ClN2O.